The van der Waals surface area contributed by atoms with E-state index in [1.54, 1.807) is 0 Å². The van der Waals surface area contributed by atoms with Crippen LogP contribution in [-0.2, 0) is 0 Å². The molecule has 0 spiro atoms. The summed E-state index contributed by atoms with van der Waals surface area (Å²) in [6.45, 7) is 0. The smallest absolute Gasteiger partial charge is 0.0601 e. The molecule has 1 nitrogen and oxygen atoms in total. The maximum absolute atomic E-state index is 5.94. The van der Waals surface area contributed by atoms with Gasteiger partial charge in [0.15, 0.2) is 0 Å². The highest BCUT2D eigenvalue weighted by molar-refractivity contribution is 8.01. The molecule has 13 heavy (non-hydrogen) atoms. The molecule has 1 saturated carbocycles. The second kappa shape index (κ2) is 4.49. The van der Waals surface area contributed by atoms with Gasteiger partial charge in [-0.3, -0.25) is 0 Å². The second-order valence-corrected chi connectivity index (χ2v) is 6.15. The zero-order chi connectivity index (χ0) is 9.10. The van der Waals surface area contributed by atoms with E-state index in [1.165, 1.54) is 29.9 Å². The Hall–Kier alpha value is 0.01000. The fourth-order valence-corrected chi connectivity index (χ4v) is 4.14. The van der Waals surface area contributed by atoms with Crippen LogP contribution in [0, 0.1) is 0 Å². The Morgan fingerprint density at radius 1 is 1.46 bits per heavy atom. The third-order valence-corrected chi connectivity index (χ3v) is 4.81. The van der Waals surface area contributed by atoms with Crippen molar-refractivity contribution in [2.24, 2.45) is 5.73 Å². The van der Waals surface area contributed by atoms with E-state index in [2.05, 4.69) is 17.5 Å². The Labute approximate surface area is 87.7 Å². The maximum atomic E-state index is 5.94. The van der Waals surface area contributed by atoms with E-state index in [4.69, 9.17) is 5.73 Å². The SMILES string of the molecule is NC1CCCC(Sc2cccs2)C1. The van der Waals surface area contributed by atoms with Crippen molar-refractivity contribution in [1.82, 2.24) is 0 Å². The summed E-state index contributed by atoms with van der Waals surface area (Å²) in [5.74, 6) is 0. The lowest BCUT2D eigenvalue weighted by Gasteiger charge is -2.25. The van der Waals surface area contributed by atoms with E-state index >= 15 is 0 Å². The van der Waals surface area contributed by atoms with Gasteiger partial charge in [0.2, 0.25) is 0 Å². The quantitative estimate of drug-likeness (QED) is 0.817. The van der Waals surface area contributed by atoms with Crippen LogP contribution in [-0.4, -0.2) is 11.3 Å². The Morgan fingerprint density at radius 3 is 3.08 bits per heavy atom. The van der Waals surface area contributed by atoms with Crippen LogP contribution in [0.2, 0.25) is 0 Å². The normalized spacial score (nSPS) is 29.0. The molecular formula is C10H15NS2. The van der Waals surface area contributed by atoms with Gasteiger partial charge in [0, 0.05) is 11.3 Å². The molecule has 2 atom stereocenters. The molecule has 2 N–H and O–H groups in total. The molecule has 2 rings (SSSR count). The van der Waals surface area contributed by atoms with E-state index in [0.717, 1.165) is 5.25 Å². The van der Waals surface area contributed by atoms with Gasteiger partial charge in [0.05, 0.1) is 4.21 Å². The van der Waals surface area contributed by atoms with Crippen molar-refractivity contribution >= 4 is 23.1 Å². The lowest BCUT2D eigenvalue weighted by Crippen LogP contribution is -2.28. The van der Waals surface area contributed by atoms with Crippen LogP contribution in [0.25, 0.3) is 0 Å². The van der Waals surface area contributed by atoms with Crippen LogP contribution in [0.1, 0.15) is 25.7 Å². The molecule has 0 aliphatic heterocycles. The molecule has 1 aromatic rings. The third-order valence-electron chi connectivity index (χ3n) is 2.44. The molecule has 1 heterocycles. The topological polar surface area (TPSA) is 26.0 Å². The first-order valence-electron chi connectivity index (χ1n) is 4.80. The Morgan fingerprint density at radius 2 is 2.38 bits per heavy atom. The molecule has 1 fully saturated rings. The summed E-state index contributed by atoms with van der Waals surface area (Å²) in [5, 5.41) is 2.91. The predicted octanol–water partition coefficient (Wildman–Crippen LogP) is 3.11. The van der Waals surface area contributed by atoms with Crippen molar-refractivity contribution in [3.63, 3.8) is 0 Å². The standard InChI is InChI=1S/C10H15NS2/c11-8-3-1-4-9(7-8)13-10-5-2-6-12-10/h2,5-6,8-9H,1,3-4,7,11H2. The highest BCUT2D eigenvalue weighted by Gasteiger charge is 2.20. The average molecular weight is 213 g/mol. The molecule has 72 valence electrons. The lowest BCUT2D eigenvalue weighted by molar-refractivity contribution is 0.451. The molecule has 1 aliphatic carbocycles. The van der Waals surface area contributed by atoms with Crippen molar-refractivity contribution in [3.05, 3.63) is 17.5 Å². The van der Waals surface area contributed by atoms with E-state index < -0.39 is 0 Å². The van der Waals surface area contributed by atoms with Crippen molar-refractivity contribution < 1.29 is 0 Å². The monoisotopic (exact) mass is 213 g/mol. The first kappa shape index (κ1) is 9.56. The zero-order valence-electron chi connectivity index (χ0n) is 7.61. The Bertz CT molecular complexity index is 245. The Kier molecular flexibility index (Phi) is 3.30. The van der Waals surface area contributed by atoms with Gasteiger partial charge in [0.25, 0.3) is 0 Å². The number of nitrogens with two attached hydrogens (primary N) is 1. The number of hydrogen-bond acceptors (Lipinski definition) is 3. The van der Waals surface area contributed by atoms with Crippen LogP contribution in [0.15, 0.2) is 21.7 Å². The molecular weight excluding hydrogens is 198 g/mol. The van der Waals surface area contributed by atoms with Gasteiger partial charge in [-0.25, -0.2) is 0 Å². The predicted molar refractivity (Wildman–Crippen MR) is 60.4 cm³/mol. The summed E-state index contributed by atoms with van der Waals surface area (Å²) in [4.78, 5) is 0. The summed E-state index contributed by atoms with van der Waals surface area (Å²) in [6.07, 6.45) is 5.07. The molecule has 0 radical (unpaired) electrons. The fourth-order valence-electron chi connectivity index (χ4n) is 1.78. The van der Waals surface area contributed by atoms with E-state index in [9.17, 15) is 0 Å². The largest absolute Gasteiger partial charge is 0.328 e. The van der Waals surface area contributed by atoms with Crippen LogP contribution in [0.5, 0.6) is 0 Å². The van der Waals surface area contributed by atoms with Crippen molar-refractivity contribution in [2.75, 3.05) is 0 Å². The molecule has 2 unspecified atom stereocenters. The number of rotatable bonds is 2. The van der Waals surface area contributed by atoms with Crippen molar-refractivity contribution in [3.8, 4) is 0 Å². The van der Waals surface area contributed by atoms with Crippen LogP contribution in [0.3, 0.4) is 0 Å². The molecule has 1 aromatic heterocycles. The molecule has 0 saturated heterocycles. The summed E-state index contributed by atoms with van der Waals surface area (Å²) >= 11 is 3.85. The van der Waals surface area contributed by atoms with Crippen molar-refractivity contribution in [2.45, 2.75) is 41.2 Å². The van der Waals surface area contributed by atoms with E-state index in [0.29, 0.717) is 6.04 Å². The minimum atomic E-state index is 0.450. The lowest BCUT2D eigenvalue weighted by atomic mass is 9.96. The van der Waals surface area contributed by atoms with Gasteiger partial charge in [-0.15, -0.1) is 23.1 Å². The van der Waals surface area contributed by atoms with Gasteiger partial charge < -0.3 is 5.73 Å². The Balaban J connectivity index is 1.87. The highest BCUT2D eigenvalue weighted by Crippen LogP contribution is 2.35. The molecule has 3 heteroatoms. The van der Waals surface area contributed by atoms with Gasteiger partial charge in [-0.1, -0.05) is 12.5 Å². The summed E-state index contributed by atoms with van der Waals surface area (Å²) in [5.41, 5.74) is 5.94. The van der Waals surface area contributed by atoms with Gasteiger partial charge in [-0.05, 0) is 30.7 Å². The fraction of sp³-hybridized carbons (Fsp3) is 0.600. The first-order chi connectivity index (χ1) is 6.34. The average Bonchev–Trinajstić information content (AvgIpc) is 2.57. The summed E-state index contributed by atoms with van der Waals surface area (Å²) in [6, 6.07) is 4.77. The van der Waals surface area contributed by atoms with Crippen molar-refractivity contribution in [1.29, 1.82) is 0 Å². The van der Waals surface area contributed by atoms with Crippen LogP contribution < -0.4 is 5.73 Å². The first-order valence-corrected chi connectivity index (χ1v) is 6.56. The maximum Gasteiger partial charge on any atom is 0.0601 e. The number of thiophene rings is 1. The number of hydrogen-bond donors (Lipinski definition) is 1. The summed E-state index contributed by atoms with van der Waals surface area (Å²) < 4.78 is 1.44. The van der Waals surface area contributed by atoms with E-state index in [-0.39, 0.29) is 0 Å². The zero-order valence-corrected chi connectivity index (χ0v) is 9.24. The van der Waals surface area contributed by atoms with Crippen LogP contribution >= 0.6 is 23.1 Å². The second-order valence-electron chi connectivity index (χ2n) is 3.60. The van der Waals surface area contributed by atoms with Gasteiger partial charge in [-0.2, -0.15) is 0 Å². The van der Waals surface area contributed by atoms with Gasteiger partial charge >= 0.3 is 0 Å². The highest BCUT2D eigenvalue weighted by atomic mass is 32.2. The minimum Gasteiger partial charge on any atom is -0.328 e. The molecule has 0 aromatic carbocycles. The minimum absolute atomic E-state index is 0.450. The van der Waals surface area contributed by atoms with Gasteiger partial charge in [0.1, 0.15) is 0 Å². The molecule has 0 amide bonds. The summed E-state index contributed by atoms with van der Waals surface area (Å²) in [7, 11) is 0. The van der Waals surface area contributed by atoms with E-state index in [1.807, 2.05) is 23.1 Å². The molecule has 1 aliphatic rings. The van der Waals surface area contributed by atoms with Crippen LogP contribution in [0.4, 0.5) is 0 Å². The molecule has 0 bridgehead atoms. The number of thioether (sulfide) groups is 1. The third kappa shape index (κ3) is 2.73.